The molecule has 3 heteroatoms. The fourth-order valence-electron chi connectivity index (χ4n) is 7.87. The molecule has 0 saturated carbocycles. The second-order valence-electron chi connectivity index (χ2n) is 12.9. The Kier molecular flexibility index (Phi) is 5.25. The molecule has 0 unspecified atom stereocenters. The Morgan fingerprint density at radius 1 is 0.522 bits per heavy atom. The van der Waals surface area contributed by atoms with Crippen LogP contribution in [0.3, 0.4) is 0 Å². The molecule has 0 saturated heterocycles. The molecule has 2 aromatic heterocycles. The van der Waals surface area contributed by atoms with Gasteiger partial charge in [0.15, 0.2) is 5.58 Å². The van der Waals surface area contributed by atoms with Gasteiger partial charge in [0.2, 0.25) is 0 Å². The lowest BCUT2D eigenvalue weighted by atomic mass is 9.82. The van der Waals surface area contributed by atoms with Crippen molar-refractivity contribution < 1.29 is 4.42 Å². The molecule has 10 rings (SSSR count). The minimum Gasteiger partial charge on any atom is -0.453 e. The monoisotopic (exact) mass is 607 g/mol. The van der Waals surface area contributed by atoms with Crippen LogP contribution in [0, 0.1) is 0 Å². The van der Waals surface area contributed by atoms with Gasteiger partial charge >= 0.3 is 0 Å². The predicted octanol–water partition coefficient (Wildman–Crippen LogP) is 12.9. The lowest BCUT2D eigenvalue weighted by Gasteiger charge is -2.29. The average molecular weight is 608 g/mol. The molecule has 2 nitrogen and oxygen atoms in total. The Morgan fingerprint density at radius 2 is 1.22 bits per heavy atom. The van der Waals surface area contributed by atoms with E-state index in [9.17, 15) is 0 Å². The summed E-state index contributed by atoms with van der Waals surface area (Å²) < 4.78 is 9.56. The van der Waals surface area contributed by atoms with Crippen LogP contribution in [0.4, 0.5) is 17.1 Å². The molecule has 1 aliphatic rings. The number of para-hydroxylation sites is 1. The van der Waals surface area contributed by atoms with Crippen molar-refractivity contribution in [2.75, 3.05) is 4.90 Å². The molecule has 7 aromatic carbocycles. The Hall–Kier alpha value is -5.38. The van der Waals surface area contributed by atoms with Crippen molar-refractivity contribution in [3.63, 3.8) is 0 Å². The number of benzene rings is 7. The van der Waals surface area contributed by atoms with E-state index in [1.165, 1.54) is 47.8 Å². The van der Waals surface area contributed by atoms with Gasteiger partial charge in [0.05, 0.1) is 11.4 Å². The second-order valence-corrected chi connectivity index (χ2v) is 14.0. The van der Waals surface area contributed by atoms with Gasteiger partial charge in [0, 0.05) is 53.0 Å². The van der Waals surface area contributed by atoms with Crippen LogP contribution in [-0.2, 0) is 5.41 Å². The van der Waals surface area contributed by atoms with Gasteiger partial charge in [-0.1, -0.05) is 111 Å². The van der Waals surface area contributed by atoms with E-state index < -0.39 is 0 Å². The standard InChI is InChI=1S/C43H29NOS/c1-43(2)34-16-7-5-14-32(34)40-35(43)17-10-18-36(40)44(27-22-24-39-33(25-27)29-13-6-8-20-38(29)46-39)37-19-9-15-30-31-23-21-26-11-3-4-12-28(26)41(31)45-42(30)37/h3-25H,1-2H3. The van der Waals surface area contributed by atoms with Gasteiger partial charge in [0.25, 0.3) is 0 Å². The third-order valence-corrected chi connectivity index (χ3v) is 11.2. The highest BCUT2D eigenvalue weighted by atomic mass is 32.1. The Morgan fingerprint density at radius 3 is 2.15 bits per heavy atom. The minimum absolute atomic E-state index is 0.106. The number of furan rings is 1. The van der Waals surface area contributed by atoms with Crippen molar-refractivity contribution in [3.8, 4) is 11.1 Å². The smallest absolute Gasteiger partial charge is 0.159 e. The van der Waals surface area contributed by atoms with E-state index in [1.54, 1.807) is 0 Å². The largest absolute Gasteiger partial charge is 0.453 e. The first-order valence-electron chi connectivity index (χ1n) is 15.9. The van der Waals surface area contributed by atoms with Crippen LogP contribution in [0.1, 0.15) is 25.0 Å². The van der Waals surface area contributed by atoms with E-state index in [0.717, 1.165) is 44.4 Å². The highest BCUT2D eigenvalue weighted by molar-refractivity contribution is 7.25. The molecular formula is C43H29NOS. The highest BCUT2D eigenvalue weighted by Crippen LogP contribution is 2.55. The predicted molar refractivity (Wildman–Crippen MR) is 196 cm³/mol. The molecule has 0 radical (unpaired) electrons. The molecule has 0 N–H and O–H groups in total. The van der Waals surface area contributed by atoms with Crippen molar-refractivity contribution in [3.05, 3.63) is 151 Å². The maximum atomic E-state index is 6.95. The number of hydrogen-bond acceptors (Lipinski definition) is 3. The van der Waals surface area contributed by atoms with E-state index in [1.807, 2.05) is 11.3 Å². The maximum absolute atomic E-state index is 6.95. The van der Waals surface area contributed by atoms with Crippen LogP contribution in [0.2, 0.25) is 0 Å². The number of hydrogen-bond donors (Lipinski definition) is 0. The molecule has 0 bridgehead atoms. The van der Waals surface area contributed by atoms with Crippen LogP contribution in [0.15, 0.2) is 144 Å². The normalized spacial score (nSPS) is 13.6. The van der Waals surface area contributed by atoms with Crippen molar-refractivity contribution in [2.24, 2.45) is 0 Å². The first-order valence-corrected chi connectivity index (χ1v) is 16.7. The molecule has 0 fully saturated rings. The molecule has 46 heavy (non-hydrogen) atoms. The third kappa shape index (κ3) is 3.46. The average Bonchev–Trinajstić information content (AvgIpc) is 3.74. The zero-order valence-electron chi connectivity index (χ0n) is 25.5. The minimum atomic E-state index is -0.106. The van der Waals surface area contributed by atoms with E-state index in [2.05, 4.69) is 158 Å². The molecule has 0 atom stereocenters. The summed E-state index contributed by atoms with van der Waals surface area (Å²) in [4.78, 5) is 2.44. The zero-order valence-corrected chi connectivity index (χ0v) is 26.4. The van der Waals surface area contributed by atoms with Crippen LogP contribution in [0.25, 0.3) is 64.0 Å². The summed E-state index contributed by atoms with van der Waals surface area (Å²) in [6.07, 6.45) is 0. The first-order chi connectivity index (χ1) is 22.6. The van der Waals surface area contributed by atoms with Crippen molar-refractivity contribution in [2.45, 2.75) is 19.3 Å². The number of nitrogens with zero attached hydrogens (tertiary/aromatic N) is 1. The quantitative estimate of drug-likeness (QED) is 0.199. The molecule has 9 aromatic rings. The molecule has 0 amide bonds. The van der Waals surface area contributed by atoms with Crippen LogP contribution in [-0.4, -0.2) is 0 Å². The van der Waals surface area contributed by atoms with Gasteiger partial charge in [-0.2, -0.15) is 0 Å². The van der Waals surface area contributed by atoms with Gasteiger partial charge in [-0.15, -0.1) is 11.3 Å². The van der Waals surface area contributed by atoms with Crippen molar-refractivity contribution >= 4 is 81.3 Å². The fourth-order valence-corrected chi connectivity index (χ4v) is 8.96. The van der Waals surface area contributed by atoms with Gasteiger partial charge < -0.3 is 9.32 Å². The van der Waals surface area contributed by atoms with Crippen LogP contribution in [0.5, 0.6) is 0 Å². The third-order valence-electron chi connectivity index (χ3n) is 10.1. The highest BCUT2D eigenvalue weighted by Gasteiger charge is 2.38. The molecular weight excluding hydrogens is 579 g/mol. The van der Waals surface area contributed by atoms with E-state index in [0.29, 0.717) is 0 Å². The van der Waals surface area contributed by atoms with E-state index in [-0.39, 0.29) is 5.41 Å². The van der Waals surface area contributed by atoms with E-state index >= 15 is 0 Å². The summed E-state index contributed by atoms with van der Waals surface area (Å²) in [5.74, 6) is 0. The maximum Gasteiger partial charge on any atom is 0.159 e. The summed E-state index contributed by atoms with van der Waals surface area (Å²) >= 11 is 1.85. The first kappa shape index (κ1) is 25.9. The number of fused-ring (bicyclic) bond motifs is 11. The second kappa shape index (κ2) is 9.32. The Balaban J connectivity index is 1.32. The van der Waals surface area contributed by atoms with Gasteiger partial charge in [-0.05, 0) is 64.5 Å². The fraction of sp³-hybridized carbons (Fsp3) is 0.0698. The van der Waals surface area contributed by atoms with Crippen LogP contribution < -0.4 is 4.90 Å². The molecule has 1 aliphatic carbocycles. The van der Waals surface area contributed by atoms with Gasteiger partial charge in [-0.25, -0.2) is 0 Å². The summed E-state index contributed by atoms with van der Waals surface area (Å²) in [6, 6.07) is 50.9. The number of thiophene rings is 1. The molecule has 2 heterocycles. The van der Waals surface area contributed by atoms with Gasteiger partial charge in [-0.3, -0.25) is 0 Å². The summed E-state index contributed by atoms with van der Waals surface area (Å²) in [5.41, 5.74) is 10.3. The summed E-state index contributed by atoms with van der Waals surface area (Å²) in [7, 11) is 0. The zero-order chi connectivity index (χ0) is 30.6. The van der Waals surface area contributed by atoms with Crippen molar-refractivity contribution in [1.29, 1.82) is 0 Å². The molecule has 0 spiro atoms. The lowest BCUT2D eigenvalue weighted by molar-refractivity contribution is 0.660. The Bertz CT molecular complexity index is 2690. The molecule has 218 valence electrons. The molecule has 0 aliphatic heterocycles. The Labute approximate surface area is 270 Å². The van der Waals surface area contributed by atoms with Crippen molar-refractivity contribution in [1.82, 2.24) is 0 Å². The number of rotatable bonds is 3. The van der Waals surface area contributed by atoms with E-state index in [4.69, 9.17) is 4.42 Å². The topological polar surface area (TPSA) is 16.4 Å². The number of anilines is 3. The lowest BCUT2D eigenvalue weighted by Crippen LogP contribution is -2.16. The SMILES string of the molecule is CC1(C)c2ccccc2-c2c(N(c3ccc4sc5ccccc5c4c3)c3cccc4c3oc3c5ccccc5ccc43)cccc21. The summed E-state index contributed by atoms with van der Waals surface area (Å²) in [6.45, 7) is 4.70. The summed E-state index contributed by atoms with van der Waals surface area (Å²) in [5, 5.41) is 7.15. The van der Waals surface area contributed by atoms with Crippen LogP contribution >= 0.6 is 11.3 Å². The van der Waals surface area contributed by atoms with Gasteiger partial charge in [0.1, 0.15) is 5.58 Å².